The van der Waals surface area contributed by atoms with E-state index in [-0.39, 0.29) is 57.4 Å². The van der Waals surface area contributed by atoms with E-state index in [1.165, 1.54) is 5.57 Å². The van der Waals surface area contributed by atoms with Crippen LogP contribution in [0.2, 0.25) is 5.02 Å². The van der Waals surface area contributed by atoms with Gasteiger partial charge in [-0.15, -0.1) is 0 Å². The number of Topliss-reactive ketones (excluding diaryl/α,β-unsaturated/α-hetero) is 1. The normalized spacial score (nSPS) is 36.0. The number of ether oxygens (including phenoxy) is 1. The highest BCUT2D eigenvalue weighted by Crippen LogP contribution is 2.76. The van der Waals surface area contributed by atoms with Crippen molar-refractivity contribution in [3.05, 3.63) is 62.5 Å². The van der Waals surface area contributed by atoms with Crippen molar-refractivity contribution >= 4 is 29.3 Å². The molecule has 7 rings (SSSR count). The lowest BCUT2D eigenvalue weighted by Gasteiger charge is -2.72. The molecule has 4 saturated carbocycles. The third-order valence-corrected chi connectivity index (χ3v) is 16.7. The van der Waals surface area contributed by atoms with Crippen molar-refractivity contribution in [2.45, 2.75) is 138 Å². The molecule has 0 aliphatic heterocycles. The molecular weight excluding hydrogens is 700 g/mol. The Balaban J connectivity index is 1.24. The number of halogens is 1. The zero-order valence-corrected chi connectivity index (χ0v) is 34.9. The summed E-state index contributed by atoms with van der Waals surface area (Å²) in [5.41, 5.74) is 1.98. The first-order valence-electron chi connectivity index (χ1n) is 20.3. The molecule has 5 aliphatic carbocycles. The predicted octanol–water partition coefficient (Wildman–Crippen LogP) is 9.47. The van der Waals surface area contributed by atoms with Gasteiger partial charge in [-0.2, -0.15) is 0 Å². The van der Waals surface area contributed by atoms with Crippen molar-refractivity contribution in [3.8, 4) is 5.69 Å². The number of esters is 1. The molecule has 4 fully saturated rings. The Kier molecular flexibility index (Phi) is 9.19. The molecular formula is C45H61ClN2O6. The fourth-order valence-electron chi connectivity index (χ4n) is 13.6. The number of aliphatic carboxylic acids is 1. The highest BCUT2D eigenvalue weighted by Gasteiger charge is 2.70. The molecule has 0 bridgehead atoms. The quantitative estimate of drug-likeness (QED) is 0.282. The highest BCUT2D eigenvalue weighted by atomic mass is 35.5. The lowest BCUT2D eigenvalue weighted by atomic mass is 9.33. The van der Waals surface area contributed by atoms with Crippen LogP contribution in [0.4, 0.5) is 0 Å². The number of rotatable bonds is 7. The standard InChI is InChI=1S/C45H61ClN2O6/c1-26(2)37-30(49)24-45(33-23-35(50)48(47(33)10)28-13-11-27(46)12-14-28)22-21-43(8)29(38(37)45)15-16-32-42(7)19-18-34(54-36(51)25-40(3,4)39(52)53)41(5,6)31(42)17-20-44(32,43)9/h11-14,23,26,29,31-32,34H,15-22,24-25H2,1-10H3,(H,52,53)/t29-,31+,32-,34+,42+,43-,44-,45+/m1/s1. The zero-order chi connectivity index (χ0) is 39.6. The summed E-state index contributed by atoms with van der Waals surface area (Å²) in [5, 5.41) is 10.2. The van der Waals surface area contributed by atoms with Crippen molar-refractivity contribution in [2.24, 2.45) is 57.8 Å². The lowest BCUT2D eigenvalue weighted by molar-refractivity contribution is -0.232. The van der Waals surface area contributed by atoms with Gasteiger partial charge in [0.05, 0.1) is 23.2 Å². The van der Waals surface area contributed by atoms with E-state index in [1.807, 2.05) is 23.9 Å². The molecule has 0 unspecified atom stereocenters. The summed E-state index contributed by atoms with van der Waals surface area (Å²) in [6.07, 6.45) is 7.74. The Morgan fingerprint density at radius 1 is 0.926 bits per heavy atom. The minimum Gasteiger partial charge on any atom is -0.481 e. The minimum absolute atomic E-state index is 0.0281. The van der Waals surface area contributed by atoms with E-state index >= 15 is 0 Å². The maximum atomic E-state index is 14.3. The number of ketones is 1. The molecule has 0 saturated heterocycles. The Morgan fingerprint density at radius 3 is 2.22 bits per heavy atom. The van der Waals surface area contributed by atoms with Crippen LogP contribution in [0.25, 0.3) is 5.69 Å². The summed E-state index contributed by atoms with van der Waals surface area (Å²) in [6, 6.07) is 9.15. The molecule has 5 aliphatic rings. The number of benzene rings is 1. The van der Waals surface area contributed by atoms with E-state index in [4.69, 9.17) is 16.3 Å². The molecule has 8 atom stereocenters. The van der Waals surface area contributed by atoms with Crippen LogP contribution in [0.5, 0.6) is 0 Å². The summed E-state index contributed by atoms with van der Waals surface area (Å²) in [4.78, 5) is 53.0. The van der Waals surface area contributed by atoms with Crippen LogP contribution in [-0.2, 0) is 31.6 Å². The van der Waals surface area contributed by atoms with E-state index < -0.39 is 22.8 Å². The molecule has 1 heterocycles. The second kappa shape index (κ2) is 12.7. The van der Waals surface area contributed by atoms with Gasteiger partial charge in [0.1, 0.15) is 6.10 Å². The van der Waals surface area contributed by atoms with Crippen LogP contribution in [-0.4, -0.2) is 38.3 Å². The van der Waals surface area contributed by atoms with Crippen molar-refractivity contribution in [2.75, 3.05) is 0 Å². The van der Waals surface area contributed by atoms with Gasteiger partial charge in [-0.1, -0.05) is 60.1 Å². The summed E-state index contributed by atoms with van der Waals surface area (Å²) >= 11 is 6.22. The second-order valence-corrected chi connectivity index (χ2v) is 20.6. The summed E-state index contributed by atoms with van der Waals surface area (Å²) < 4.78 is 9.89. The number of carboxylic acid groups (broad SMARTS) is 1. The Hall–Kier alpha value is -3.13. The van der Waals surface area contributed by atoms with Gasteiger partial charge in [-0.05, 0) is 141 Å². The largest absolute Gasteiger partial charge is 0.481 e. The first-order chi connectivity index (χ1) is 25.0. The van der Waals surface area contributed by atoms with Crippen LogP contribution in [0, 0.1) is 50.7 Å². The third kappa shape index (κ3) is 5.41. The maximum Gasteiger partial charge on any atom is 0.309 e. The summed E-state index contributed by atoms with van der Waals surface area (Å²) in [6.45, 7) is 19.6. The van der Waals surface area contributed by atoms with E-state index in [9.17, 15) is 24.3 Å². The first kappa shape index (κ1) is 39.1. The molecule has 8 nitrogen and oxygen atoms in total. The van der Waals surface area contributed by atoms with Crippen LogP contribution < -0.4 is 5.56 Å². The summed E-state index contributed by atoms with van der Waals surface area (Å²) in [5.74, 6) is -0.0474. The predicted molar refractivity (Wildman–Crippen MR) is 211 cm³/mol. The molecule has 294 valence electrons. The smallest absolute Gasteiger partial charge is 0.309 e. The Bertz CT molecular complexity index is 1990. The molecule has 0 radical (unpaired) electrons. The number of fused-ring (bicyclic) bond motifs is 7. The summed E-state index contributed by atoms with van der Waals surface area (Å²) in [7, 11) is 1.96. The number of carbonyl (C=O) groups excluding carboxylic acids is 2. The van der Waals surface area contributed by atoms with Crippen molar-refractivity contribution < 1.29 is 24.2 Å². The zero-order valence-electron chi connectivity index (χ0n) is 34.1. The molecule has 0 spiro atoms. The van der Waals surface area contributed by atoms with Gasteiger partial charge >= 0.3 is 11.9 Å². The molecule has 1 N–H and O–H groups in total. The van der Waals surface area contributed by atoms with Crippen LogP contribution in [0.1, 0.15) is 132 Å². The van der Waals surface area contributed by atoms with E-state index in [0.717, 1.165) is 68.3 Å². The van der Waals surface area contributed by atoms with Crippen LogP contribution >= 0.6 is 11.6 Å². The number of hydrogen-bond donors (Lipinski definition) is 1. The number of allylic oxidation sites excluding steroid dienone is 2. The topological polar surface area (TPSA) is 108 Å². The molecule has 9 heteroatoms. The third-order valence-electron chi connectivity index (χ3n) is 16.5. The molecule has 1 aromatic heterocycles. The molecule has 54 heavy (non-hydrogen) atoms. The van der Waals surface area contributed by atoms with E-state index in [0.29, 0.717) is 23.3 Å². The second-order valence-electron chi connectivity index (χ2n) is 20.2. The van der Waals surface area contributed by atoms with Crippen LogP contribution in [0.15, 0.2) is 46.3 Å². The number of hydrogen-bond acceptors (Lipinski definition) is 5. The minimum atomic E-state index is -1.17. The number of aromatic nitrogens is 2. The van der Waals surface area contributed by atoms with Crippen molar-refractivity contribution in [3.63, 3.8) is 0 Å². The lowest BCUT2D eigenvalue weighted by Crippen LogP contribution is -2.66. The monoisotopic (exact) mass is 760 g/mol. The van der Waals surface area contributed by atoms with Gasteiger partial charge in [0, 0.05) is 35.4 Å². The van der Waals surface area contributed by atoms with Gasteiger partial charge in [0.25, 0.3) is 5.56 Å². The number of carboxylic acids is 1. The van der Waals surface area contributed by atoms with Crippen molar-refractivity contribution in [1.82, 2.24) is 9.36 Å². The van der Waals surface area contributed by atoms with Gasteiger partial charge in [0.15, 0.2) is 5.78 Å². The highest BCUT2D eigenvalue weighted by molar-refractivity contribution is 6.30. The van der Waals surface area contributed by atoms with Gasteiger partial charge < -0.3 is 9.84 Å². The molecule has 2 aromatic rings. The Labute approximate surface area is 326 Å². The van der Waals surface area contributed by atoms with E-state index in [1.54, 1.807) is 36.7 Å². The van der Waals surface area contributed by atoms with Gasteiger partial charge in [-0.25, -0.2) is 4.68 Å². The maximum absolute atomic E-state index is 14.3. The van der Waals surface area contributed by atoms with Gasteiger partial charge in [-0.3, -0.25) is 23.9 Å². The first-order valence-corrected chi connectivity index (χ1v) is 20.7. The SMILES string of the molecule is CC(C)C1=C2[C@H]3CC[C@@H]4[C@@]5(C)CC[C@H](OC(=O)CC(C)(C)C(=O)O)C(C)(C)[C@@H]5CC[C@@]4(C)[C@]3(C)CC[C@@]2(c2cc(=O)n(-c3ccc(Cl)cc3)n2C)CC1=O. The van der Waals surface area contributed by atoms with Crippen molar-refractivity contribution in [1.29, 1.82) is 0 Å². The Morgan fingerprint density at radius 2 is 1.59 bits per heavy atom. The van der Waals surface area contributed by atoms with Gasteiger partial charge in [0.2, 0.25) is 0 Å². The molecule has 0 amide bonds. The average Bonchev–Trinajstić information content (AvgIpc) is 3.55. The average molecular weight is 761 g/mol. The number of carbonyl (C=O) groups is 3. The van der Waals surface area contributed by atoms with Crippen LogP contribution in [0.3, 0.4) is 0 Å². The number of nitrogens with zero attached hydrogens (tertiary/aromatic N) is 2. The molecule has 1 aromatic carbocycles. The fourth-order valence-corrected chi connectivity index (χ4v) is 13.7. The fraction of sp³-hybridized carbons (Fsp3) is 0.689. The van der Waals surface area contributed by atoms with E-state index in [2.05, 4.69) is 48.5 Å².